The Morgan fingerprint density at radius 1 is 0.833 bits per heavy atom. The third kappa shape index (κ3) is 4.04. The van der Waals surface area contributed by atoms with E-state index in [2.05, 4.69) is 36.4 Å². The summed E-state index contributed by atoms with van der Waals surface area (Å²) in [4.78, 5) is 29.3. The van der Waals surface area contributed by atoms with Gasteiger partial charge < -0.3 is 0 Å². The van der Waals surface area contributed by atoms with Crippen molar-refractivity contribution in [3.05, 3.63) is 113 Å². The van der Waals surface area contributed by atoms with E-state index in [1.165, 1.54) is 0 Å². The molecule has 1 fully saturated rings. The molecule has 0 bridgehead atoms. The van der Waals surface area contributed by atoms with E-state index in [1.807, 2.05) is 65.6 Å². The topological polar surface area (TPSA) is 46.6 Å². The summed E-state index contributed by atoms with van der Waals surface area (Å²) in [6, 6.07) is 30.7. The van der Waals surface area contributed by atoms with E-state index in [9.17, 15) is 9.59 Å². The van der Waals surface area contributed by atoms with Crippen LogP contribution in [0.1, 0.15) is 12.0 Å². The van der Waals surface area contributed by atoms with Crippen LogP contribution in [0.4, 0.5) is 0 Å². The van der Waals surface area contributed by atoms with Crippen molar-refractivity contribution in [3.63, 3.8) is 0 Å². The van der Waals surface area contributed by atoms with Crippen LogP contribution in [0.5, 0.6) is 0 Å². The van der Waals surface area contributed by atoms with Crippen molar-refractivity contribution >= 4 is 56.1 Å². The molecule has 6 rings (SSSR count). The summed E-state index contributed by atoms with van der Waals surface area (Å²) < 4.78 is 9.77. The van der Waals surface area contributed by atoms with Crippen LogP contribution in [0, 0.1) is 0 Å². The molecule has 180 valence electrons. The third-order valence-electron chi connectivity index (χ3n) is 6.86. The van der Waals surface area contributed by atoms with Gasteiger partial charge in [0, 0.05) is 0 Å². The van der Waals surface area contributed by atoms with Gasteiger partial charge in [-0.15, -0.1) is 0 Å². The number of amides is 1. The summed E-state index contributed by atoms with van der Waals surface area (Å²) in [7, 11) is 0. The number of allylic oxidation sites excluding steroid dienone is 1. The molecule has 0 saturated carbocycles. The maximum atomic E-state index is 14.2. The number of carbonyl (C=O) groups excluding carboxylic acids is 2. The number of hydrogen-bond donors (Lipinski definition) is 0. The Morgan fingerprint density at radius 3 is 2.17 bits per heavy atom. The van der Waals surface area contributed by atoms with Gasteiger partial charge in [0.2, 0.25) is 0 Å². The van der Waals surface area contributed by atoms with Crippen LogP contribution >= 0.6 is 0 Å². The summed E-state index contributed by atoms with van der Waals surface area (Å²) in [6.07, 6.45) is 4.05. The first-order chi connectivity index (χ1) is 17.7. The minimum atomic E-state index is -0.782. The van der Waals surface area contributed by atoms with Crippen LogP contribution in [0.15, 0.2) is 108 Å². The number of carbonyl (C=O) groups is 2. The number of nitrogens with zero attached hydrogens (tertiary/aromatic N) is 1. The van der Waals surface area contributed by atoms with E-state index < -0.39 is 11.6 Å². The van der Waals surface area contributed by atoms with Gasteiger partial charge >= 0.3 is 225 Å². The number of ether oxygens (including phenoxy) is 1. The predicted molar refractivity (Wildman–Crippen MR) is 144 cm³/mol. The van der Waals surface area contributed by atoms with E-state index >= 15 is 0 Å². The summed E-state index contributed by atoms with van der Waals surface area (Å²) in [6.45, 7) is 1.16. The molecular weight excluding hydrogens is 580 g/mol. The van der Waals surface area contributed by atoms with Gasteiger partial charge in [0.15, 0.2) is 0 Å². The molecule has 1 saturated heterocycles. The first kappa shape index (κ1) is 23.7. The Balaban J connectivity index is 1.55. The van der Waals surface area contributed by atoms with Crippen molar-refractivity contribution in [1.29, 1.82) is 0 Å². The van der Waals surface area contributed by atoms with Gasteiger partial charge in [-0.25, -0.2) is 0 Å². The second-order valence-electron chi connectivity index (χ2n) is 9.00. The second-order valence-corrected chi connectivity index (χ2v) is 13.8. The first-order valence-corrected chi connectivity index (χ1v) is 15.7. The Labute approximate surface area is 223 Å². The number of hydrogen-bond acceptors (Lipinski definition) is 3. The molecule has 1 spiro atoms. The summed E-state index contributed by atoms with van der Waals surface area (Å²) in [5, 5.41) is 0. The van der Waals surface area contributed by atoms with Crippen molar-refractivity contribution < 1.29 is 14.3 Å². The van der Waals surface area contributed by atoms with Crippen molar-refractivity contribution in [1.82, 2.24) is 4.90 Å². The molecule has 2 aliphatic heterocycles. The van der Waals surface area contributed by atoms with Gasteiger partial charge in [0.1, 0.15) is 0 Å². The first-order valence-electron chi connectivity index (χ1n) is 12.1. The Hall–Kier alpha value is -2.72. The van der Waals surface area contributed by atoms with Gasteiger partial charge in [0.05, 0.1) is 0 Å². The Bertz CT molecular complexity index is 1340. The van der Waals surface area contributed by atoms with Crippen molar-refractivity contribution in [3.8, 4) is 0 Å². The number of ketones is 1. The normalized spacial score (nSPS) is 25.5. The van der Waals surface area contributed by atoms with E-state index in [0.717, 1.165) is 31.0 Å². The van der Waals surface area contributed by atoms with Gasteiger partial charge in [0.25, 0.3) is 0 Å². The van der Waals surface area contributed by atoms with Gasteiger partial charge in [-0.05, 0) is 0 Å². The van der Waals surface area contributed by atoms with Crippen LogP contribution in [0.2, 0.25) is 4.82 Å². The zero-order valence-electron chi connectivity index (χ0n) is 19.6. The quantitative estimate of drug-likeness (QED) is 0.421. The Morgan fingerprint density at radius 2 is 1.47 bits per heavy atom. The van der Waals surface area contributed by atoms with Crippen molar-refractivity contribution in [2.75, 3.05) is 13.2 Å². The molecule has 1 aliphatic carbocycles. The second kappa shape index (κ2) is 9.97. The molecule has 3 aromatic carbocycles. The van der Waals surface area contributed by atoms with E-state index in [4.69, 9.17) is 4.74 Å². The fourth-order valence-electron chi connectivity index (χ4n) is 5.33. The molecule has 0 N–H and O–H groups in total. The van der Waals surface area contributed by atoms with Crippen molar-refractivity contribution in [2.24, 2.45) is 0 Å². The SMILES string of the molecule is O=C1C=CC23C(c4ccccc4)=C([Se]c4ccccc4)C(=O)N2CCCOC3C1[Se]c1ccccc1. The summed E-state index contributed by atoms with van der Waals surface area (Å²) >= 11 is -0.306. The average molecular weight is 605 g/mol. The Kier molecular flexibility index (Phi) is 6.55. The van der Waals surface area contributed by atoms with E-state index in [1.54, 1.807) is 6.08 Å². The minimum absolute atomic E-state index is 0.0816. The van der Waals surface area contributed by atoms with Gasteiger partial charge in [-0.2, -0.15) is 0 Å². The molecule has 1 amide bonds. The zero-order chi connectivity index (χ0) is 24.5. The standard InChI is InChI=1S/C30H25NO3Se2/c32-24-17-18-30-25(21-11-4-1-5-12-21)27(36-23-15-8-3-9-16-23)29(33)31(30)19-10-20-34-28(30)26(24)35-22-13-6-2-7-14-22/h1-9,11-18,26,28H,10,19-20H2. The molecule has 0 radical (unpaired) electrons. The van der Waals surface area contributed by atoms with Crippen LogP contribution in [0.25, 0.3) is 5.57 Å². The van der Waals surface area contributed by atoms with Gasteiger partial charge in [-0.3, -0.25) is 0 Å². The van der Waals surface area contributed by atoms with Crippen LogP contribution in [-0.4, -0.2) is 71.3 Å². The molecule has 3 aliphatic rings. The fraction of sp³-hybridized carbons (Fsp3) is 0.200. The molecular formula is C30H25NO3Se2. The van der Waals surface area contributed by atoms with Crippen LogP contribution in [0.3, 0.4) is 0 Å². The van der Waals surface area contributed by atoms with Crippen LogP contribution < -0.4 is 8.92 Å². The molecule has 3 atom stereocenters. The molecule has 2 heterocycles. The molecule has 3 unspecified atom stereocenters. The average Bonchev–Trinajstić information content (AvgIpc) is 3.03. The molecule has 0 aromatic heterocycles. The van der Waals surface area contributed by atoms with Gasteiger partial charge in [-0.1, -0.05) is 0 Å². The van der Waals surface area contributed by atoms with E-state index in [-0.39, 0.29) is 46.4 Å². The number of rotatable bonds is 5. The molecule has 4 nitrogen and oxygen atoms in total. The van der Waals surface area contributed by atoms with E-state index in [0.29, 0.717) is 13.2 Å². The molecule has 3 aromatic rings. The third-order valence-corrected chi connectivity index (χ3v) is 11.8. The zero-order valence-corrected chi connectivity index (χ0v) is 23.0. The molecule has 36 heavy (non-hydrogen) atoms. The molecule has 6 heteroatoms. The number of benzene rings is 3. The maximum absolute atomic E-state index is 14.2. The predicted octanol–water partition coefficient (Wildman–Crippen LogP) is 2.75. The summed E-state index contributed by atoms with van der Waals surface area (Å²) in [5.41, 5.74) is 1.26. The van der Waals surface area contributed by atoms with Crippen LogP contribution in [-0.2, 0) is 14.3 Å². The monoisotopic (exact) mass is 607 g/mol. The fourth-order valence-corrected chi connectivity index (χ4v) is 10.2. The summed E-state index contributed by atoms with van der Waals surface area (Å²) in [5.74, 6) is 0.177. The van der Waals surface area contributed by atoms with Crippen molar-refractivity contribution in [2.45, 2.75) is 22.9 Å².